The Bertz CT molecular complexity index is 459. The van der Waals surface area contributed by atoms with Crippen LogP contribution in [-0.4, -0.2) is 36.3 Å². The van der Waals surface area contributed by atoms with E-state index in [4.69, 9.17) is 9.72 Å². The van der Waals surface area contributed by atoms with Crippen molar-refractivity contribution < 1.29 is 4.74 Å². The third kappa shape index (κ3) is 3.93. The first-order valence-corrected chi connectivity index (χ1v) is 7.50. The van der Waals surface area contributed by atoms with E-state index < -0.39 is 0 Å². The lowest BCUT2D eigenvalue weighted by molar-refractivity contribution is -0.0751. The first-order valence-electron chi connectivity index (χ1n) is 7.50. The monoisotopic (exact) mass is 277 g/mol. The fraction of sp³-hybridized carbons (Fsp3) is 0.688. The topological polar surface area (TPSA) is 37.4 Å². The molecule has 0 spiro atoms. The molecule has 1 aromatic rings. The van der Waals surface area contributed by atoms with Crippen LogP contribution in [0.15, 0.2) is 12.1 Å². The van der Waals surface area contributed by atoms with Gasteiger partial charge in [-0.3, -0.25) is 0 Å². The maximum absolute atomic E-state index is 5.97. The lowest BCUT2D eigenvalue weighted by Crippen LogP contribution is -2.52. The molecule has 2 rings (SSSR count). The van der Waals surface area contributed by atoms with E-state index in [1.165, 1.54) is 5.56 Å². The Labute approximate surface area is 122 Å². The summed E-state index contributed by atoms with van der Waals surface area (Å²) in [5.41, 5.74) is 2.25. The van der Waals surface area contributed by atoms with Crippen LogP contribution in [0.5, 0.6) is 0 Å². The van der Waals surface area contributed by atoms with Gasteiger partial charge in [-0.05, 0) is 51.9 Å². The van der Waals surface area contributed by atoms with Gasteiger partial charge in [-0.2, -0.15) is 0 Å². The highest BCUT2D eigenvalue weighted by Crippen LogP contribution is 2.25. The second-order valence-electron chi connectivity index (χ2n) is 6.32. The van der Waals surface area contributed by atoms with Crippen LogP contribution in [0.4, 0.5) is 5.82 Å². The molecule has 2 heterocycles. The summed E-state index contributed by atoms with van der Waals surface area (Å²) >= 11 is 0. The van der Waals surface area contributed by atoms with Gasteiger partial charge < -0.3 is 15.0 Å². The molecule has 0 radical (unpaired) electrons. The van der Waals surface area contributed by atoms with E-state index in [2.05, 4.69) is 57.0 Å². The van der Waals surface area contributed by atoms with Crippen LogP contribution in [0.1, 0.15) is 39.0 Å². The highest BCUT2D eigenvalue weighted by Gasteiger charge is 2.32. The molecule has 1 atom stereocenters. The second kappa shape index (κ2) is 6.10. The molecular formula is C16H27N3O. The second-order valence-corrected chi connectivity index (χ2v) is 6.32. The van der Waals surface area contributed by atoms with E-state index in [-0.39, 0.29) is 11.7 Å². The quantitative estimate of drug-likeness (QED) is 0.917. The van der Waals surface area contributed by atoms with E-state index in [1.54, 1.807) is 0 Å². The van der Waals surface area contributed by atoms with Gasteiger partial charge in [0.1, 0.15) is 5.82 Å². The predicted molar refractivity (Wildman–Crippen MR) is 83.2 cm³/mol. The maximum Gasteiger partial charge on any atom is 0.129 e. The number of hydrogen-bond donors (Lipinski definition) is 1. The molecule has 112 valence electrons. The summed E-state index contributed by atoms with van der Waals surface area (Å²) in [6, 6.07) is 4.35. The summed E-state index contributed by atoms with van der Waals surface area (Å²) in [7, 11) is 0. The number of nitrogens with zero attached hydrogens (tertiary/aromatic N) is 2. The molecule has 1 aromatic heterocycles. The Kier molecular flexibility index (Phi) is 4.66. The van der Waals surface area contributed by atoms with Crippen LogP contribution in [0.2, 0.25) is 0 Å². The molecule has 1 N–H and O–H groups in total. The molecule has 1 fully saturated rings. The summed E-state index contributed by atoms with van der Waals surface area (Å²) in [5, 5.41) is 3.38. The van der Waals surface area contributed by atoms with Crippen LogP contribution in [0.25, 0.3) is 0 Å². The van der Waals surface area contributed by atoms with Crippen molar-refractivity contribution in [2.24, 2.45) is 0 Å². The summed E-state index contributed by atoms with van der Waals surface area (Å²) in [6.45, 7) is 14.3. The fourth-order valence-electron chi connectivity index (χ4n) is 2.88. The van der Waals surface area contributed by atoms with Crippen molar-refractivity contribution in [3.8, 4) is 0 Å². The lowest BCUT2D eigenvalue weighted by Gasteiger charge is -2.42. The lowest BCUT2D eigenvalue weighted by atomic mass is 10.1. The Hall–Kier alpha value is -1.13. The predicted octanol–water partition coefficient (Wildman–Crippen LogP) is 2.50. The van der Waals surface area contributed by atoms with Crippen molar-refractivity contribution >= 4 is 5.82 Å². The van der Waals surface area contributed by atoms with Gasteiger partial charge in [0.2, 0.25) is 0 Å². The molecule has 0 amide bonds. The minimum atomic E-state index is -0.120. The molecule has 4 heteroatoms. The number of anilines is 1. The highest BCUT2D eigenvalue weighted by atomic mass is 16.5. The van der Waals surface area contributed by atoms with Crippen molar-refractivity contribution in [1.29, 1.82) is 0 Å². The van der Waals surface area contributed by atoms with Crippen molar-refractivity contribution in [1.82, 2.24) is 10.3 Å². The molecule has 1 unspecified atom stereocenters. The molecule has 0 aromatic carbocycles. The van der Waals surface area contributed by atoms with Crippen molar-refractivity contribution in [3.05, 3.63) is 23.4 Å². The van der Waals surface area contributed by atoms with Crippen molar-refractivity contribution in [2.45, 2.75) is 52.9 Å². The van der Waals surface area contributed by atoms with Gasteiger partial charge in [0, 0.05) is 25.3 Å². The third-order valence-electron chi connectivity index (χ3n) is 3.47. The van der Waals surface area contributed by atoms with Gasteiger partial charge in [0.05, 0.1) is 11.7 Å². The summed E-state index contributed by atoms with van der Waals surface area (Å²) in [4.78, 5) is 7.05. The number of ether oxygens (including phenoxy) is 1. The van der Waals surface area contributed by atoms with E-state index >= 15 is 0 Å². The number of aryl methyl sites for hydroxylation is 1. The van der Waals surface area contributed by atoms with Gasteiger partial charge in [-0.1, -0.05) is 6.92 Å². The first kappa shape index (κ1) is 15.3. The minimum Gasteiger partial charge on any atom is -0.369 e. The average Bonchev–Trinajstić information content (AvgIpc) is 2.33. The molecule has 0 aliphatic carbocycles. The smallest absolute Gasteiger partial charge is 0.129 e. The number of rotatable bonds is 4. The third-order valence-corrected chi connectivity index (χ3v) is 3.47. The van der Waals surface area contributed by atoms with E-state index in [1.807, 2.05) is 0 Å². The number of pyridine rings is 1. The Morgan fingerprint density at radius 2 is 2.20 bits per heavy atom. The molecule has 0 bridgehead atoms. The maximum atomic E-state index is 5.97. The molecule has 1 aliphatic rings. The number of hydrogen-bond acceptors (Lipinski definition) is 4. The van der Waals surface area contributed by atoms with Gasteiger partial charge in [0.15, 0.2) is 0 Å². The molecule has 4 nitrogen and oxygen atoms in total. The fourth-order valence-corrected chi connectivity index (χ4v) is 2.88. The zero-order valence-electron chi connectivity index (χ0n) is 13.4. The molecular weight excluding hydrogens is 250 g/mol. The van der Waals surface area contributed by atoms with Gasteiger partial charge in [-0.15, -0.1) is 0 Å². The van der Waals surface area contributed by atoms with E-state index in [9.17, 15) is 0 Å². The normalized spacial score (nSPS) is 22.1. The molecule has 0 saturated carbocycles. The van der Waals surface area contributed by atoms with Crippen molar-refractivity contribution in [3.63, 3.8) is 0 Å². The van der Waals surface area contributed by atoms with Crippen LogP contribution in [-0.2, 0) is 11.3 Å². The van der Waals surface area contributed by atoms with Gasteiger partial charge in [0.25, 0.3) is 0 Å². The van der Waals surface area contributed by atoms with Crippen LogP contribution in [0, 0.1) is 6.92 Å². The van der Waals surface area contributed by atoms with Gasteiger partial charge in [-0.25, -0.2) is 4.98 Å². The highest BCUT2D eigenvalue weighted by molar-refractivity contribution is 5.43. The number of nitrogens with one attached hydrogen (secondary N) is 1. The molecule has 1 aliphatic heterocycles. The molecule has 1 saturated heterocycles. The molecule has 20 heavy (non-hydrogen) atoms. The Balaban J connectivity index is 2.20. The van der Waals surface area contributed by atoms with Crippen LogP contribution >= 0.6 is 0 Å². The number of morpholine rings is 1. The summed E-state index contributed by atoms with van der Waals surface area (Å²) < 4.78 is 5.97. The average molecular weight is 277 g/mol. The largest absolute Gasteiger partial charge is 0.369 e. The Morgan fingerprint density at radius 1 is 1.45 bits per heavy atom. The van der Waals surface area contributed by atoms with Crippen LogP contribution in [0.3, 0.4) is 0 Å². The zero-order chi connectivity index (χ0) is 14.8. The number of aromatic nitrogens is 1. The Morgan fingerprint density at radius 3 is 2.85 bits per heavy atom. The van der Waals surface area contributed by atoms with E-state index in [0.717, 1.165) is 37.7 Å². The van der Waals surface area contributed by atoms with E-state index in [0.29, 0.717) is 0 Å². The standard InChI is InChI=1S/C16H27N3O/c1-6-17-9-14-7-12(2)18-15(8-14)19-10-13(3)20-16(4,5)11-19/h7-8,13,17H,6,9-11H2,1-5H3. The van der Waals surface area contributed by atoms with Crippen LogP contribution < -0.4 is 10.2 Å². The summed E-state index contributed by atoms with van der Waals surface area (Å²) in [6.07, 6.45) is 0.235. The zero-order valence-corrected chi connectivity index (χ0v) is 13.4. The SMILES string of the molecule is CCNCc1cc(C)nc(N2CC(C)OC(C)(C)C2)c1. The van der Waals surface area contributed by atoms with Crippen molar-refractivity contribution in [2.75, 3.05) is 24.5 Å². The first-order chi connectivity index (χ1) is 9.39. The minimum absolute atomic E-state index is 0.120. The summed E-state index contributed by atoms with van der Waals surface area (Å²) in [5.74, 6) is 1.07. The van der Waals surface area contributed by atoms with Gasteiger partial charge >= 0.3 is 0 Å².